The van der Waals surface area contributed by atoms with Gasteiger partial charge in [-0.3, -0.25) is 19.6 Å². The second-order valence-corrected chi connectivity index (χ2v) is 16.0. The smallest absolute Gasteiger partial charge is 0.306 e. The van der Waals surface area contributed by atoms with E-state index in [0.29, 0.717) is 17.3 Å². The Morgan fingerprint density at radius 2 is 1.08 bits per heavy atom. The van der Waals surface area contributed by atoms with Crippen molar-refractivity contribution in [3.05, 3.63) is 120 Å². The Morgan fingerprint density at radius 3 is 1.46 bits per heavy atom. The van der Waals surface area contributed by atoms with Crippen molar-refractivity contribution >= 4 is 56.4 Å². The molecule has 4 heterocycles. The third-order valence-corrected chi connectivity index (χ3v) is 11.9. The quantitative estimate of drug-likeness (QED) is 0.144. The minimum absolute atomic E-state index is 0.0185. The van der Waals surface area contributed by atoms with Gasteiger partial charge in [-0.2, -0.15) is 0 Å². The Morgan fingerprint density at radius 1 is 0.635 bits per heavy atom. The summed E-state index contributed by atoms with van der Waals surface area (Å²) in [7, 11) is 3.42. The van der Waals surface area contributed by atoms with Crippen molar-refractivity contribution in [1.82, 2.24) is 20.2 Å². The van der Waals surface area contributed by atoms with Gasteiger partial charge in [0.1, 0.15) is 0 Å². The lowest BCUT2D eigenvalue weighted by Gasteiger charge is -2.36. The maximum Gasteiger partial charge on any atom is 0.306 e. The van der Waals surface area contributed by atoms with Crippen LogP contribution in [0.4, 0.5) is 22.7 Å². The van der Waals surface area contributed by atoms with Crippen molar-refractivity contribution in [3.63, 3.8) is 0 Å². The number of nitrogens with one attached hydrogen (secondary N) is 1. The molecule has 0 bridgehead atoms. The van der Waals surface area contributed by atoms with E-state index in [1.165, 1.54) is 0 Å². The van der Waals surface area contributed by atoms with Crippen molar-refractivity contribution in [1.29, 1.82) is 0 Å². The lowest BCUT2D eigenvalue weighted by molar-refractivity contribution is -0.138. The standard InChI is InChI=1S/C25H24N4O2.C21H20N4O.C4H6O2/c1-26-19-10-8-17(9-11-19)20-4-3-5-21-23(20)27-16-22(24(21)31-2)28-12-14-29(15-13-28)25(30)18-6-7-18;1-22-16-8-6-15(7-9-16)17-4-3-5-18-20(17)24-14-19(21(18)26-2)25-12-10-23-11-13-25;5-4(6)3-1-2-3/h3-5,8-11,16,18H,6-7,12-15H2,2H3;3-9,14,23H,10-13H2,2H3;3H,1-2H2,(H,5,6). The number of rotatable bonds is 8. The van der Waals surface area contributed by atoms with Gasteiger partial charge in [-0.05, 0) is 48.9 Å². The molecule has 0 radical (unpaired) electrons. The van der Waals surface area contributed by atoms with E-state index in [1.54, 1.807) is 14.2 Å². The zero-order valence-electron chi connectivity index (χ0n) is 35.6. The first-order valence-electron chi connectivity index (χ1n) is 21.4. The van der Waals surface area contributed by atoms with Crippen molar-refractivity contribution in [2.24, 2.45) is 11.8 Å². The lowest BCUT2D eigenvalue weighted by Crippen LogP contribution is -2.49. The van der Waals surface area contributed by atoms with E-state index >= 15 is 0 Å². The SMILES string of the molecule is O=C(O)C1CC1.[C-]#[N+]c1ccc(-c2cccc3c(OC)c(N4CCN(C(=O)C5CC5)CC4)cnc23)cc1.[C-]#[N+]c1ccc(-c2cccc3c(OC)c(N4CCNCC4)cnc23)cc1. The number of anilines is 2. The number of aliphatic carboxylic acids is 1. The highest BCUT2D eigenvalue weighted by Crippen LogP contribution is 2.41. The van der Waals surface area contributed by atoms with Crippen molar-refractivity contribution < 1.29 is 24.2 Å². The van der Waals surface area contributed by atoms with Crippen LogP contribution in [0.5, 0.6) is 11.5 Å². The van der Waals surface area contributed by atoms with Gasteiger partial charge in [-0.1, -0.05) is 72.8 Å². The molecular formula is C50H50N8O5. The summed E-state index contributed by atoms with van der Waals surface area (Å²) in [6, 6.07) is 27.5. The van der Waals surface area contributed by atoms with Crippen LogP contribution in [-0.4, -0.2) is 98.4 Å². The first-order valence-corrected chi connectivity index (χ1v) is 21.4. The van der Waals surface area contributed by atoms with Gasteiger partial charge in [0, 0.05) is 80.2 Å². The highest BCUT2D eigenvalue weighted by molar-refractivity contribution is 6.01. The van der Waals surface area contributed by atoms with E-state index in [2.05, 4.69) is 36.9 Å². The first-order chi connectivity index (χ1) is 30.8. The largest absolute Gasteiger partial charge is 0.494 e. The van der Waals surface area contributed by atoms with Crippen molar-refractivity contribution in [2.75, 3.05) is 76.4 Å². The number of hydrogen-bond acceptors (Lipinski definition) is 9. The van der Waals surface area contributed by atoms with Crippen molar-refractivity contribution in [3.8, 4) is 33.8 Å². The number of hydrogen-bond donors (Lipinski definition) is 2. The Balaban J connectivity index is 0.000000154. The Kier molecular flexibility index (Phi) is 13.0. The summed E-state index contributed by atoms with van der Waals surface area (Å²) in [6.45, 7) is 21.1. The van der Waals surface area contributed by atoms with E-state index in [9.17, 15) is 9.59 Å². The van der Waals surface area contributed by atoms with E-state index in [1.807, 2.05) is 90.1 Å². The number of methoxy groups -OCH3 is 2. The summed E-state index contributed by atoms with van der Waals surface area (Å²) in [6.07, 6.45) is 7.69. The van der Waals surface area contributed by atoms with Gasteiger partial charge in [0.2, 0.25) is 5.91 Å². The predicted molar refractivity (Wildman–Crippen MR) is 247 cm³/mol. The Labute approximate surface area is 367 Å². The minimum Gasteiger partial charge on any atom is -0.494 e. The molecule has 2 aliphatic carbocycles. The van der Waals surface area contributed by atoms with E-state index in [0.717, 1.165) is 145 Å². The number of ether oxygens (including phenoxy) is 2. The highest BCUT2D eigenvalue weighted by Gasteiger charge is 2.35. The zero-order chi connectivity index (χ0) is 43.9. The molecule has 2 saturated carbocycles. The molecule has 4 aromatic carbocycles. The Bertz CT molecular complexity index is 2690. The van der Waals surface area contributed by atoms with Gasteiger partial charge in [0.05, 0.1) is 68.1 Å². The number of carboxylic acids is 1. The van der Waals surface area contributed by atoms with Crippen molar-refractivity contribution in [2.45, 2.75) is 25.7 Å². The van der Waals surface area contributed by atoms with Crippen LogP contribution >= 0.6 is 0 Å². The molecule has 2 N–H and O–H groups in total. The molecule has 10 rings (SSSR count). The highest BCUT2D eigenvalue weighted by atomic mass is 16.5. The summed E-state index contributed by atoms with van der Waals surface area (Å²) in [4.78, 5) is 45.2. The zero-order valence-corrected chi connectivity index (χ0v) is 35.6. The predicted octanol–water partition coefficient (Wildman–Crippen LogP) is 8.87. The van der Waals surface area contributed by atoms with Crippen LogP contribution in [0.1, 0.15) is 25.7 Å². The molecular weight excluding hydrogens is 793 g/mol. The number of pyridine rings is 2. The number of carbonyl (C=O) groups excluding carboxylic acids is 1. The fraction of sp³-hybridized carbons (Fsp3) is 0.320. The number of benzene rings is 4. The molecule has 2 aliphatic heterocycles. The topological polar surface area (TPSA) is 129 Å². The van der Waals surface area contributed by atoms with Crippen LogP contribution in [0.2, 0.25) is 0 Å². The van der Waals surface area contributed by atoms with Gasteiger partial charge in [-0.25, -0.2) is 9.69 Å². The van der Waals surface area contributed by atoms with Crippen LogP contribution in [0.3, 0.4) is 0 Å². The lowest BCUT2D eigenvalue weighted by atomic mass is 10.0. The van der Waals surface area contributed by atoms with Crippen LogP contribution in [0, 0.1) is 25.0 Å². The average molecular weight is 843 g/mol. The summed E-state index contributed by atoms with van der Waals surface area (Å²) in [5.74, 6) is 1.66. The fourth-order valence-corrected chi connectivity index (χ4v) is 8.14. The maximum absolute atomic E-state index is 12.4. The minimum atomic E-state index is -0.630. The normalized spacial score (nSPS) is 15.8. The number of para-hydroxylation sites is 2. The van der Waals surface area contributed by atoms with Gasteiger partial charge < -0.3 is 34.6 Å². The molecule has 0 atom stereocenters. The van der Waals surface area contributed by atoms with Crippen LogP contribution < -0.4 is 24.6 Å². The van der Waals surface area contributed by atoms with Gasteiger partial charge in [-0.15, -0.1) is 0 Å². The molecule has 320 valence electrons. The maximum atomic E-state index is 12.4. The van der Waals surface area contributed by atoms with Crippen LogP contribution in [0.15, 0.2) is 97.3 Å². The molecule has 63 heavy (non-hydrogen) atoms. The second-order valence-electron chi connectivity index (χ2n) is 16.0. The van der Waals surface area contributed by atoms with Crippen LogP contribution in [-0.2, 0) is 9.59 Å². The molecule has 6 aromatic rings. The number of amides is 1. The van der Waals surface area contributed by atoms with Gasteiger partial charge >= 0.3 is 5.97 Å². The fourth-order valence-electron chi connectivity index (χ4n) is 8.14. The number of fused-ring (bicyclic) bond motifs is 2. The number of carboxylic acid groups (broad SMARTS) is 1. The van der Waals surface area contributed by atoms with Gasteiger partial charge in [0.15, 0.2) is 22.9 Å². The van der Waals surface area contributed by atoms with E-state index in [4.69, 9.17) is 37.7 Å². The van der Waals surface area contributed by atoms with E-state index < -0.39 is 5.97 Å². The molecule has 4 fully saturated rings. The molecule has 13 heteroatoms. The molecule has 13 nitrogen and oxygen atoms in total. The number of piperazine rings is 2. The molecule has 4 aliphatic rings. The third kappa shape index (κ3) is 9.49. The number of carbonyl (C=O) groups is 2. The summed E-state index contributed by atoms with van der Waals surface area (Å²) in [5, 5.41) is 13.4. The molecule has 2 aromatic heterocycles. The summed E-state index contributed by atoms with van der Waals surface area (Å²) >= 11 is 0. The summed E-state index contributed by atoms with van der Waals surface area (Å²) in [5.41, 5.74) is 9.19. The molecule has 0 unspecified atom stereocenters. The number of nitrogens with zero attached hydrogens (tertiary/aromatic N) is 7. The van der Waals surface area contributed by atoms with Crippen LogP contribution in [0.25, 0.3) is 53.7 Å². The first kappa shape index (κ1) is 42.5. The Hall–Kier alpha value is -7.22. The third-order valence-electron chi connectivity index (χ3n) is 11.9. The molecule has 0 spiro atoms. The average Bonchev–Trinajstić information content (AvgIpc) is 4.29. The second kappa shape index (κ2) is 19.2. The van der Waals surface area contributed by atoms with E-state index in [-0.39, 0.29) is 11.8 Å². The monoisotopic (exact) mass is 842 g/mol. The molecule has 1 amide bonds. The number of aromatic nitrogens is 2. The van der Waals surface area contributed by atoms with Gasteiger partial charge in [0.25, 0.3) is 0 Å². The summed E-state index contributed by atoms with van der Waals surface area (Å²) < 4.78 is 11.7. The molecule has 2 saturated heterocycles.